The van der Waals surface area contributed by atoms with E-state index in [1.807, 2.05) is 0 Å². The van der Waals surface area contributed by atoms with E-state index < -0.39 is 40.2 Å². The van der Waals surface area contributed by atoms with E-state index in [0.29, 0.717) is 0 Å². The van der Waals surface area contributed by atoms with Crippen LogP contribution in [0.1, 0.15) is 6.42 Å². The Morgan fingerprint density at radius 3 is 2.83 bits per heavy atom. The summed E-state index contributed by atoms with van der Waals surface area (Å²) in [4.78, 5) is 23.1. The van der Waals surface area contributed by atoms with Crippen molar-refractivity contribution < 1.29 is 27.1 Å². The molecule has 1 fully saturated rings. The largest absolute Gasteiger partial charge is 0.469 e. The van der Waals surface area contributed by atoms with Crippen molar-refractivity contribution in [3.63, 3.8) is 0 Å². The number of ether oxygens (including phenoxy) is 1. The van der Waals surface area contributed by atoms with Gasteiger partial charge in [-0.2, -0.15) is 4.31 Å². The number of methoxy groups -OCH3 is 1. The van der Waals surface area contributed by atoms with Gasteiger partial charge < -0.3 is 10.1 Å². The third-order valence-electron chi connectivity index (χ3n) is 3.37. The van der Waals surface area contributed by atoms with Crippen LogP contribution in [0, 0.1) is 5.82 Å². The van der Waals surface area contributed by atoms with Crippen LogP contribution < -0.4 is 5.32 Å². The molecule has 1 saturated heterocycles. The van der Waals surface area contributed by atoms with Crippen LogP contribution in [0.15, 0.2) is 23.1 Å². The number of carbonyl (C=O) groups excluding carboxylic acids is 2. The normalized spacial score (nSPS) is 19.3. The van der Waals surface area contributed by atoms with E-state index in [1.165, 1.54) is 0 Å². The molecular formula is C13H14ClFN2O5S. The summed E-state index contributed by atoms with van der Waals surface area (Å²) in [6.45, 7) is 0.0788. The van der Waals surface area contributed by atoms with Crippen molar-refractivity contribution in [2.45, 2.75) is 17.4 Å². The number of sulfonamides is 1. The number of hydrogen-bond acceptors (Lipinski definition) is 5. The standard InChI is InChI=1S/C13H14ClFN2O5S/c1-22-12(18)7-11-13(19)16-4-5-17(11)23(20,21)8-2-3-10(15)9(14)6-8/h2-3,6,11H,4-5,7H2,1H3,(H,16,19)/t11-/m1/s1. The smallest absolute Gasteiger partial charge is 0.307 e. The van der Waals surface area contributed by atoms with Crippen molar-refractivity contribution in [2.75, 3.05) is 20.2 Å². The van der Waals surface area contributed by atoms with Gasteiger partial charge >= 0.3 is 5.97 Å². The van der Waals surface area contributed by atoms with E-state index in [2.05, 4.69) is 10.1 Å². The first-order valence-electron chi connectivity index (χ1n) is 6.59. The molecule has 1 heterocycles. The van der Waals surface area contributed by atoms with Gasteiger partial charge in [-0.15, -0.1) is 0 Å². The van der Waals surface area contributed by atoms with Gasteiger partial charge in [-0.25, -0.2) is 12.8 Å². The number of benzene rings is 1. The highest BCUT2D eigenvalue weighted by atomic mass is 35.5. The van der Waals surface area contributed by atoms with Crippen molar-refractivity contribution in [2.24, 2.45) is 0 Å². The van der Waals surface area contributed by atoms with Gasteiger partial charge in [-0.3, -0.25) is 9.59 Å². The number of nitrogens with one attached hydrogen (secondary N) is 1. The second-order valence-corrected chi connectivity index (χ2v) is 7.08. The highest BCUT2D eigenvalue weighted by Gasteiger charge is 2.40. The Bertz CT molecular complexity index is 740. The van der Waals surface area contributed by atoms with Gasteiger partial charge in [0.15, 0.2) is 0 Å². The third kappa shape index (κ3) is 3.62. The molecule has 126 valence electrons. The number of rotatable bonds is 4. The topological polar surface area (TPSA) is 92.8 Å². The molecule has 0 spiro atoms. The predicted octanol–water partition coefficient (Wildman–Crippen LogP) is 0.531. The molecule has 23 heavy (non-hydrogen) atoms. The Labute approximate surface area is 137 Å². The molecule has 0 bridgehead atoms. The Kier molecular flexibility index (Phi) is 5.23. The number of nitrogens with zero attached hydrogens (tertiary/aromatic N) is 1. The summed E-state index contributed by atoms with van der Waals surface area (Å²) >= 11 is 5.62. The first kappa shape index (κ1) is 17.6. The van der Waals surface area contributed by atoms with Gasteiger partial charge in [-0.1, -0.05) is 11.6 Å². The van der Waals surface area contributed by atoms with E-state index in [1.54, 1.807) is 0 Å². The molecular weight excluding hydrogens is 351 g/mol. The summed E-state index contributed by atoms with van der Waals surface area (Å²) in [5, 5.41) is 2.15. The molecule has 0 aromatic heterocycles. The van der Waals surface area contributed by atoms with Crippen molar-refractivity contribution in [3.8, 4) is 0 Å². The average Bonchev–Trinajstić information content (AvgIpc) is 2.51. The first-order chi connectivity index (χ1) is 10.8. The molecule has 1 aliphatic heterocycles. The third-order valence-corrected chi connectivity index (χ3v) is 5.56. The predicted molar refractivity (Wildman–Crippen MR) is 78.7 cm³/mol. The lowest BCUT2D eigenvalue weighted by Crippen LogP contribution is -2.57. The van der Waals surface area contributed by atoms with Gasteiger partial charge in [-0.05, 0) is 18.2 Å². The second-order valence-electron chi connectivity index (χ2n) is 4.78. The van der Waals surface area contributed by atoms with E-state index in [9.17, 15) is 22.4 Å². The molecule has 2 rings (SSSR count). The van der Waals surface area contributed by atoms with Crippen LogP contribution in [0.3, 0.4) is 0 Å². The molecule has 0 saturated carbocycles. The lowest BCUT2D eigenvalue weighted by atomic mass is 10.1. The molecule has 10 heteroatoms. The zero-order chi connectivity index (χ0) is 17.2. The molecule has 1 aromatic carbocycles. The van der Waals surface area contributed by atoms with Gasteiger partial charge in [0, 0.05) is 13.1 Å². The zero-order valence-corrected chi connectivity index (χ0v) is 13.7. The molecule has 1 N–H and O–H groups in total. The number of halogens is 2. The van der Waals surface area contributed by atoms with Crippen LogP contribution >= 0.6 is 11.6 Å². The fraction of sp³-hybridized carbons (Fsp3) is 0.385. The molecule has 0 radical (unpaired) electrons. The van der Waals surface area contributed by atoms with E-state index in [4.69, 9.17) is 11.6 Å². The minimum absolute atomic E-state index is 0.0231. The summed E-state index contributed by atoms with van der Waals surface area (Å²) in [6, 6.07) is 1.71. The molecule has 1 atom stereocenters. The molecule has 0 aliphatic carbocycles. The average molecular weight is 365 g/mol. The quantitative estimate of drug-likeness (QED) is 0.787. The lowest BCUT2D eigenvalue weighted by Gasteiger charge is -2.33. The molecule has 1 aliphatic rings. The maximum atomic E-state index is 13.2. The number of amides is 1. The summed E-state index contributed by atoms with van der Waals surface area (Å²) in [6.07, 6.45) is -0.420. The number of carbonyl (C=O) groups is 2. The number of hydrogen-bond donors (Lipinski definition) is 1. The van der Waals surface area contributed by atoms with Gasteiger partial charge in [0.2, 0.25) is 15.9 Å². The minimum atomic E-state index is -4.12. The van der Waals surface area contributed by atoms with Crippen molar-refractivity contribution in [1.29, 1.82) is 0 Å². The lowest BCUT2D eigenvalue weighted by molar-refractivity contribution is -0.144. The van der Waals surface area contributed by atoms with Crippen LogP contribution in [0.4, 0.5) is 4.39 Å². The van der Waals surface area contributed by atoms with Gasteiger partial charge in [0.25, 0.3) is 0 Å². The van der Waals surface area contributed by atoms with Crippen molar-refractivity contribution in [1.82, 2.24) is 9.62 Å². The minimum Gasteiger partial charge on any atom is -0.469 e. The molecule has 0 unspecified atom stereocenters. The molecule has 7 nitrogen and oxygen atoms in total. The number of piperazine rings is 1. The van der Waals surface area contributed by atoms with Gasteiger partial charge in [0.1, 0.15) is 11.9 Å². The fourth-order valence-corrected chi connectivity index (χ4v) is 4.05. The second kappa shape index (κ2) is 6.81. The number of esters is 1. The summed E-state index contributed by atoms with van der Waals surface area (Å²) < 4.78 is 44.0. The van der Waals surface area contributed by atoms with E-state index in [-0.39, 0.29) is 23.0 Å². The van der Waals surface area contributed by atoms with E-state index >= 15 is 0 Å². The molecule has 1 amide bonds. The van der Waals surface area contributed by atoms with Crippen LogP contribution in [0.2, 0.25) is 5.02 Å². The van der Waals surface area contributed by atoms with Crippen LogP contribution in [0.5, 0.6) is 0 Å². The van der Waals surface area contributed by atoms with Crippen LogP contribution in [-0.2, 0) is 24.3 Å². The van der Waals surface area contributed by atoms with Gasteiger partial charge in [0.05, 0.1) is 23.4 Å². The Hall–Kier alpha value is -1.71. The maximum absolute atomic E-state index is 13.2. The maximum Gasteiger partial charge on any atom is 0.307 e. The zero-order valence-electron chi connectivity index (χ0n) is 12.1. The SMILES string of the molecule is COC(=O)C[C@@H]1C(=O)NCCN1S(=O)(=O)c1ccc(F)c(Cl)c1. The van der Waals surface area contributed by atoms with Crippen molar-refractivity contribution in [3.05, 3.63) is 29.0 Å². The van der Waals surface area contributed by atoms with Crippen LogP contribution in [0.25, 0.3) is 0 Å². The Morgan fingerprint density at radius 1 is 1.52 bits per heavy atom. The highest BCUT2D eigenvalue weighted by Crippen LogP contribution is 2.25. The summed E-state index contributed by atoms with van der Waals surface area (Å²) in [5.74, 6) is -2.07. The monoisotopic (exact) mass is 364 g/mol. The fourth-order valence-electron chi connectivity index (χ4n) is 2.19. The summed E-state index contributed by atoms with van der Waals surface area (Å²) in [5.41, 5.74) is 0. The van der Waals surface area contributed by atoms with E-state index in [0.717, 1.165) is 29.6 Å². The summed E-state index contributed by atoms with van der Waals surface area (Å²) in [7, 11) is -2.98. The Morgan fingerprint density at radius 2 is 2.22 bits per heavy atom. The Balaban J connectivity index is 2.39. The highest BCUT2D eigenvalue weighted by molar-refractivity contribution is 7.89. The molecule has 1 aromatic rings. The van der Waals surface area contributed by atoms with Crippen molar-refractivity contribution >= 4 is 33.5 Å². The first-order valence-corrected chi connectivity index (χ1v) is 8.40. The van der Waals surface area contributed by atoms with Crippen LogP contribution in [-0.4, -0.2) is 50.8 Å².